The number of nitrogens with zero attached hydrogens (tertiary/aromatic N) is 2. The van der Waals surface area contributed by atoms with E-state index >= 15 is 0 Å². The molecule has 6 rings (SSSR count). The molecule has 0 aliphatic carbocycles. The summed E-state index contributed by atoms with van der Waals surface area (Å²) in [6.45, 7) is 4.91. The highest BCUT2D eigenvalue weighted by Gasteiger charge is 2.42. The van der Waals surface area contributed by atoms with E-state index in [1.54, 1.807) is 14.2 Å². The summed E-state index contributed by atoms with van der Waals surface area (Å²) >= 11 is 2.14. The zero-order chi connectivity index (χ0) is 33.1. The number of halogens is 1. The van der Waals surface area contributed by atoms with Crippen molar-refractivity contribution in [3.8, 4) is 11.5 Å². The monoisotopic (exact) mass is 750 g/mol. The molecule has 0 spiro atoms. The van der Waals surface area contributed by atoms with E-state index < -0.39 is 24.0 Å². The van der Waals surface area contributed by atoms with Crippen molar-refractivity contribution >= 4 is 39.6 Å². The number of aromatic amines is 1. The summed E-state index contributed by atoms with van der Waals surface area (Å²) in [5.41, 5.74) is 1.90. The molecule has 10 nitrogen and oxygen atoms in total. The number of benzene rings is 3. The zero-order valence-corrected chi connectivity index (χ0v) is 28.9. The smallest absolute Gasteiger partial charge is 0.262 e. The van der Waals surface area contributed by atoms with Gasteiger partial charge in [0.2, 0.25) is 5.95 Å². The molecule has 2 aromatic heterocycles. The van der Waals surface area contributed by atoms with Crippen LogP contribution in [0.25, 0.3) is 11.0 Å². The number of H-pyrrole nitrogens is 1. The minimum atomic E-state index is -1.05. The minimum Gasteiger partial charge on any atom is -0.497 e. The number of aromatic nitrogens is 3. The summed E-state index contributed by atoms with van der Waals surface area (Å²) < 4.78 is 27.0. The lowest BCUT2D eigenvalue weighted by Crippen LogP contribution is -2.38. The molecule has 0 saturated carbocycles. The summed E-state index contributed by atoms with van der Waals surface area (Å²) in [5, 5.41) is 15.0. The van der Waals surface area contributed by atoms with Crippen LogP contribution in [0.1, 0.15) is 43.2 Å². The zero-order valence-electron chi connectivity index (χ0n) is 26.8. The van der Waals surface area contributed by atoms with E-state index in [0.717, 1.165) is 31.8 Å². The first-order chi connectivity index (χ1) is 22.7. The summed E-state index contributed by atoms with van der Waals surface area (Å²) in [6, 6.07) is 25.6. The Labute approximate surface area is 287 Å². The second-order valence-corrected chi connectivity index (χ2v) is 13.2. The summed E-state index contributed by atoms with van der Waals surface area (Å²) in [5.74, 6) is 2.23. The Hall–Kier alpha value is -3.91. The fourth-order valence-corrected chi connectivity index (χ4v) is 6.82. The molecule has 3 N–H and O–H groups in total. The molecular formula is C36H39IN4O6. The fraction of sp³-hybridized carbons (Fsp3) is 0.333. The maximum Gasteiger partial charge on any atom is 0.262 e. The number of methoxy groups -OCH3 is 2. The molecule has 5 aromatic rings. The Morgan fingerprint density at radius 3 is 2.17 bits per heavy atom. The van der Waals surface area contributed by atoms with E-state index in [2.05, 4.69) is 46.7 Å². The molecule has 1 saturated heterocycles. The molecule has 0 amide bonds. The van der Waals surface area contributed by atoms with Gasteiger partial charge in [0.1, 0.15) is 29.4 Å². The van der Waals surface area contributed by atoms with Gasteiger partial charge in [-0.1, -0.05) is 68.4 Å². The Kier molecular flexibility index (Phi) is 9.88. The van der Waals surface area contributed by atoms with Gasteiger partial charge in [-0.3, -0.25) is 9.78 Å². The number of ether oxygens (including phenoxy) is 4. The summed E-state index contributed by atoms with van der Waals surface area (Å²) in [6.07, 6.45) is 0.125. The second kappa shape index (κ2) is 14.1. The molecule has 1 aliphatic heterocycles. The van der Waals surface area contributed by atoms with Gasteiger partial charge in [0, 0.05) is 22.7 Å². The molecule has 11 heteroatoms. The van der Waals surface area contributed by atoms with Gasteiger partial charge in [-0.25, -0.2) is 0 Å². The van der Waals surface area contributed by atoms with Crippen LogP contribution in [0.5, 0.6) is 11.5 Å². The highest BCUT2D eigenvalue weighted by atomic mass is 127. The molecule has 0 radical (unpaired) electrons. The first-order valence-corrected chi connectivity index (χ1v) is 16.7. The van der Waals surface area contributed by atoms with Crippen LogP contribution in [0.15, 0.2) is 89.9 Å². The molecule has 3 aromatic carbocycles. The van der Waals surface area contributed by atoms with Gasteiger partial charge in [-0.15, -0.1) is 0 Å². The number of hydrogen-bond donors (Lipinski definition) is 3. The Morgan fingerprint density at radius 1 is 1.00 bits per heavy atom. The highest BCUT2D eigenvalue weighted by molar-refractivity contribution is 14.1. The van der Waals surface area contributed by atoms with Crippen LogP contribution in [0.2, 0.25) is 0 Å². The standard InChI is InChI=1S/C36H39IN4O6/c1-22(2)19-38-35-39-33-32(34(43)40-35)28(37)20-41(33)31-18-29(42)30(47-31)21-46-36(23-8-6-5-7-9-23,24-10-14-26(44-3)15-11-24)25-12-16-27(45-4)17-13-25/h5-17,20,22,29-31,42H,18-19,21H2,1-4H3,(H2,38,39,40,43)/t29-,30+,31+/m0/s1. The molecule has 1 fully saturated rings. The SMILES string of the molecule is COc1ccc(C(OC[C@H]2O[C@@H](n3cc(I)c4c(=O)[nH]c(NCC(C)C)nc43)C[C@@H]2O)(c2ccccc2)c2ccc(OC)cc2)cc1. The number of nitrogens with one attached hydrogen (secondary N) is 2. The van der Waals surface area contributed by atoms with Gasteiger partial charge in [0.05, 0.1) is 32.3 Å². The van der Waals surface area contributed by atoms with Gasteiger partial charge < -0.3 is 33.9 Å². The normalized spacial score (nSPS) is 18.1. The number of aliphatic hydroxyl groups is 1. The summed E-state index contributed by atoms with van der Waals surface area (Å²) in [7, 11) is 3.27. The third kappa shape index (κ3) is 6.62. The van der Waals surface area contributed by atoms with Crippen LogP contribution in [-0.4, -0.2) is 59.2 Å². The van der Waals surface area contributed by atoms with E-state index in [4.69, 9.17) is 23.9 Å². The third-order valence-electron chi connectivity index (χ3n) is 8.47. The van der Waals surface area contributed by atoms with Gasteiger partial charge in [-0.05, 0) is 69.5 Å². The molecule has 1 aliphatic rings. The van der Waals surface area contributed by atoms with E-state index in [1.807, 2.05) is 89.6 Å². The van der Waals surface area contributed by atoms with Gasteiger partial charge >= 0.3 is 0 Å². The van der Waals surface area contributed by atoms with E-state index in [1.165, 1.54) is 0 Å². The average Bonchev–Trinajstić information content (AvgIpc) is 3.63. The molecule has 0 bridgehead atoms. The Bertz CT molecular complexity index is 1810. The third-order valence-corrected chi connectivity index (χ3v) is 9.28. The quantitative estimate of drug-likeness (QED) is 0.104. The predicted molar refractivity (Wildman–Crippen MR) is 189 cm³/mol. The maximum absolute atomic E-state index is 13.0. The van der Waals surface area contributed by atoms with Gasteiger partial charge in [0.15, 0.2) is 5.65 Å². The number of hydrogen-bond acceptors (Lipinski definition) is 8. The second-order valence-electron chi connectivity index (χ2n) is 12.0. The van der Waals surface area contributed by atoms with E-state index in [-0.39, 0.29) is 12.2 Å². The topological polar surface area (TPSA) is 120 Å². The van der Waals surface area contributed by atoms with Crippen molar-refractivity contribution in [2.75, 3.05) is 32.7 Å². The predicted octanol–water partition coefficient (Wildman–Crippen LogP) is 6.07. The van der Waals surface area contributed by atoms with Crippen LogP contribution in [0.3, 0.4) is 0 Å². The number of rotatable bonds is 12. The van der Waals surface area contributed by atoms with E-state index in [9.17, 15) is 9.90 Å². The lowest BCUT2D eigenvalue weighted by atomic mass is 9.80. The molecule has 0 unspecified atom stereocenters. The number of aliphatic hydroxyl groups excluding tert-OH is 1. The molecule has 3 atom stereocenters. The van der Waals surface area contributed by atoms with Crippen LogP contribution >= 0.6 is 22.6 Å². The lowest BCUT2D eigenvalue weighted by molar-refractivity contribution is -0.0930. The molecule has 47 heavy (non-hydrogen) atoms. The minimum absolute atomic E-state index is 0.0795. The van der Waals surface area contributed by atoms with Crippen LogP contribution in [0.4, 0.5) is 5.95 Å². The lowest BCUT2D eigenvalue weighted by Gasteiger charge is -2.37. The van der Waals surface area contributed by atoms with Crippen molar-refractivity contribution in [2.45, 2.75) is 44.3 Å². The Morgan fingerprint density at radius 2 is 1.60 bits per heavy atom. The van der Waals surface area contributed by atoms with Crippen LogP contribution in [-0.2, 0) is 15.1 Å². The largest absolute Gasteiger partial charge is 0.497 e. The van der Waals surface area contributed by atoms with Crippen molar-refractivity contribution in [1.82, 2.24) is 14.5 Å². The van der Waals surface area contributed by atoms with E-state index in [0.29, 0.717) is 35.9 Å². The molecule has 246 valence electrons. The first kappa shape index (κ1) is 33.0. The van der Waals surface area contributed by atoms with Crippen molar-refractivity contribution in [2.24, 2.45) is 5.92 Å². The maximum atomic E-state index is 13.0. The van der Waals surface area contributed by atoms with Crippen LogP contribution in [0, 0.1) is 9.49 Å². The van der Waals surface area contributed by atoms with Crippen molar-refractivity contribution < 1.29 is 24.1 Å². The van der Waals surface area contributed by atoms with Crippen molar-refractivity contribution in [3.05, 3.63) is 116 Å². The summed E-state index contributed by atoms with van der Waals surface area (Å²) in [4.78, 5) is 20.6. The number of fused-ring (bicyclic) bond motifs is 1. The van der Waals surface area contributed by atoms with Gasteiger partial charge in [-0.2, -0.15) is 4.98 Å². The number of anilines is 1. The van der Waals surface area contributed by atoms with Gasteiger partial charge in [0.25, 0.3) is 5.56 Å². The Balaban J connectivity index is 1.35. The van der Waals surface area contributed by atoms with Crippen molar-refractivity contribution in [3.63, 3.8) is 0 Å². The molecule has 3 heterocycles. The highest BCUT2D eigenvalue weighted by Crippen LogP contribution is 2.43. The fourth-order valence-electron chi connectivity index (χ4n) is 6.03. The first-order valence-electron chi connectivity index (χ1n) is 15.6. The van der Waals surface area contributed by atoms with Crippen molar-refractivity contribution in [1.29, 1.82) is 0 Å². The average molecular weight is 751 g/mol. The van der Waals surface area contributed by atoms with Crippen LogP contribution < -0.4 is 20.3 Å². The molecular weight excluding hydrogens is 711 g/mol.